The summed E-state index contributed by atoms with van der Waals surface area (Å²) in [6.45, 7) is 6.64. The maximum Gasteiger partial charge on any atom is 0.408 e. The van der Waals surface area contributed by atoms with Crippen LogP contribution in [0.1, 0.15) is 33.6 Å². The van der Waals surface area contributed by atoms with E-state index in [2.05, 4.69) is 20.8 Å². The summed E-state index contributed by atoms with van der Waals surface area (Å²) in [5.74, 6) is -0.972. The highest BCUT2D eigenvalue weighted by atomic mass is 32.2. The summed E-state index contributed by atoms with van der Waals surface area (Å²) in [6.07, 6.45) is 0.360. The number of benzene rings is 1. The monoisotopic (exact) mass is 500 g/mol. The van der Waals surface area contributed by atoms with Crippen molar-refractivity contribution < 1.29 is 31.7 Å². The highest BCUT2D eigenvalue weighted by Crippen LogP contribution is 2.36. The largest absolute Gasteiger partial charge is 0.444 e. The average Bonchev–Trinajstić information content (AvgIpc) is 3.06. The molecule has 1 aromatic carbocycles. The summed E-state index contributed by atoms with van der Waals surface area (Å²) in [7, 11) is -3.30. The Hall–Kier alpha value is -2.67. The Bertz CT molecular complexity index is 1180. The lowest BCUT2D eigenvalue weighted by molar-refractivity contribution is -0.117. The Labute approximate surface area is 194 Å². The normalized spacial score (nSPS) is 17.5. The van der Waals surface area contributed by atoms with Crippen LogP contribution in [0, 0.1) is 5.82 Å². The van der Waals surface area contributed by atoms with Gasteiger partial charge in [-0.05, 0) is 39.8 Å². The number of amides is 2. The van der Waals surface area contributed by atoms with E-state index in [9.17, 15) is 22.4 Å². The number of alkyl carbamates (subject to hydrolysis) is 1. The van der Waals surface area contributed by atoms with Gasteiger partial charge >= 0.3 is 6.09 Å². The lowest BCUT2D eigenvalue weighted by Gasteiger charge is -2.22. The zero-order valence-corrected chi connectivity index (χ0v) is 20.4. The minimum Gasteiger partial charge on any atom is -0.444 e. The van der Waals surface area contributed by atoms with Gasteiger partial charge in [0.25, 0.3) is 0 Å². The molecule has 0 aliphatic carbocycles. The van der Waals surface area contributed by atoms with Crippen LogP contribution < -0.4 is 10.6 Å². The quantitative estimate of drug-likeness (QED) is 0.634. The summed E-state index contributed by atoms with van der Waals surface area (Å²) >= 11 is 1.19. The van der Waals surface area contributed by atoms with Crippen molar-refractivity contribution in [3.05, 3.63) is 23.8 Å². The fourth-order valence-corrected chi connectivity index (χ4v) is 4.29. The Morgan fingerprint density at radius 1 is 1.42 bits per heavy atom. The first kappa shape index (κ1) is 25.0. The van der Waals surface area contributed by atoms with Crippen LogP contribution in [0.25, 0.3) is 11.4 Å². The second-order valence-corrected chi connectivity index (χ2v) is 12.2. The number of rotatable bonds is 5. The van der Waals surface area contributed by atoms with E-state index in [-0.39, 0.29) is 29.5 Å². The van der Waals surface area contributed by atoms with Gasteiger partial charge in [0.1, 0.15) is 17.5 Å². The molecular weight excluding hydrogens is 475 g/mol. The van der Waals surface area contributed by atoms with E-state index in [4.69, 9.17) is 9.26 Å². The third kappa shape index (κ3) is 6.44. The van der Waals surface area contributed by atoms with E-state index in [0.717, 1.165) is 6.26 Å². The number of nitrogens with one attached hydrogen (secondary N) is 2. The molecule has 2 N–H and O–H groups in total. The van der Waals surface area contributed by atoms with Gasteiger partial charge in [-0.1, -0.05) is 5.16 Å². The average molecular weight is 501 g/mol. The highest BCUT2D eigenvalue weighted by molar-refractivity contribution is 7.99. The Kier molecular flexibility index (Phi) is 7.03. The summed E-state index contributed by atoms with van der Waals surface area (Å²) in [5.41, 5.74) is -0.414. The summed E-state index contributed by atoms with van der Waals surface area (Å²) in [6, 6.07) is 1.72. The number of ether oxygens (including phenoxy) is 1. The van der Waals surface area contributed by atoms with Crippen LogP contribution >= 0.6 is 11.8 Å². The first-order valence-electron chi connectivity index (χ1n) is 10.0. The molecule has 0 spiro atoms. The molecular formula is C20H25FN4O6S2. The van der Waals surface area contributed by atoms with Gasteiger partial charge in [-0.15, -0.1) is 11.8 Å². The molecule has 0 fully saturated rings. The minimum atomic E-state index is -3.30. The Morgan fingerprint density at radius 3 is 2.76 bits per heavy atom. The molecule has 1 aromatic heterocycles. The number of hydrogen-bond donors (Lipinski definition) is 2. The standard InChI is InChI=1S/C20H25FN4O6S2/c1-10(33(5,28)29)6-16-24-17(25-31-16)11-7-13-15(8-12(11)21)32-9-14(18(26)22-13)23-19(27)30-20(2,3)4/h7-8,10,14H,6,9H2,1-5H3,(H,22,26)(H,23,27)/t10?,14-/m0/s1. The molecule has 1 unspecified atom stereocenters. The van der Waals surface area contributed by atoms with Crippen molar-refractivity contribution in [2.24, 2.45) is 0 Å². The molecule has 0 saturated carbocycles. The van der Waals surface area contributed by atoms with Crippen LogP contribution in [0.4, 0.5) is 14.9 Å². The van der Waals surface area contributed by atoms with Gasteiger partial charge in [0.2, 0.25) is 17.6 Å². The number of fused-ring (bicyclic) bond motifs is 1. The molecule has 2 amide bonds. The molecule has 0 radical (unpaired) electrons. The number of aromatic nitrogens is 2. The van der Waals surface area contributed by atoms with Gasteiger partial charge in [0.05, 0.1) is 16.5 Å². The van der Waals surface area contributed by atoms with Crippen molar-refractivity contribution in [2.45, 2.75) is 55.9 Å². The molecule has 1 aliphatic rings. The summed E-state index contributed by atoms with van der Waals surface area (Å²) in [4.78, 5) is 29.2. The van der Waals surface area contributed by atoms with Crippen molar-refractivity contribution in [1.82, 2.24) is 15.5 Å². The van der Waals surface area contributed by atoms with E-state index in [1.54, 1.807) is 20.8 Å². The first-order valence-corrected chi connectivity index (χ1v) is 13.0. The van der Waals surface area contributed by atoms with Gasteiger partial charge in [0.15, 0.2) is 9.84 Å². The lowest BCUT2D eigenvalue weighted by atomic mass is 10.1. The molecule has 2 atom stereocenters. The third-order valence-electron chi connectivity index (χ3n) is 4.64. The molecule has 10 nitrogen and oxygen atoms in total. The van der Waals surface area contributed by atoms with E-state index in [1.165, 1.54) is 30.8 Å². The number of thioether (sulfide) groups is 1. The number of carbonyl (C=O) groups is 2. The number of sulfone groups is 1. The van der Waals surface area contributed by atoms with E-state index >= 15 is 0 Å². The molecule has 2 aromatic rings. The number of anilines is 1. The number of carbonyl (C=O) groups excluding carboxylic acids is 2. The first-order chi connectivity index (χ1) is 15.2. The minimum absolute atomic E-state index is 0.0109. The highest BCUT2D eigenvalue weighted by Gasteiger charge is 2.29. The molecule has 33 heavy (non-hydrogen) atoms. The van der Waals surface area contributed by atoms with Crippen molar-refractivity contribution >= 4 is 39.3 Å². The van der Waals surface area contributed by atoms with Crippen LogP contribution in [0.15, 0.2) is 21.6 Å². The maximum atomic E-state index is 14.8. The van der Waals surface area contributed by atoms with Gasteiger partial charge in [-0.3, -0.25) is 4.79 Å². The Balaban J connectivity index is 1.79. The van der Waals surface area contributed by atoms with E-state index < -0.39 is 44.5 Å². The second-order valence-electron chi connectivity index (χ2n) is 8.68. The predicted molar refractivity (Wildman–Crippen MR) is 120 cm³/mol. The lowest BCUT2D eigenvalue weighted by Crippen LogP contribution is -2.46. The number of halogens is 1. The van der Waals surface area contributed by atoms with Crippen LogP contribution in [0.5, 0.6) is 0 Å². The molecule has 0 bridgehead atoms. The van der Waals surface area contributed by atoms with E-state index in [1.807, 2.05) is 0 Å². The van der Waals surface area contributed by atoms with Crippen molar-refractivity contribution in [3.8, 4) is 11.4 Å². The second kappa shape index (κ2) is 9.29. The molecule has 3 rings (SSSR count). The van der Waals surface area contributed by atoms with Gasteiger partial charge in [0, 0.05) is 23.3 Å². The molecule has 180 valence electrons. The van der Waals surface area contributed by atoms with Crippen molar-refractivity contribution in [2.75, 3.05) is 17.3 Å². The van der Waals surface area contributed by atoms with Crippen molar-refractivity contribution in [1.29, 1.82) is 0 Å². The van der Waals surface area contributed by atoms with Gasteiger partial charge < -0.3 is 19.9 Å². The molecule has 1 aliphatic heterocycles. The van der Waals surface area contributed by atoms with Gasteiger partial charge in [-0.25, -0.2) is 17.6 Å². The zero-order valence-electron chi connectivity index (χ0n) is 18.8. The third-order valence-corrected chi connectivity index (χ3v) is 7.42. The molecule has 13 heteroatoms. The molecule has 0 saturated heterocycles. The van der Waals surface area contributed by atoms with Crippen LogP contribution in [-0.2, 0) is 25.8 Å². The number of hydrogen-bond acceptors (Lipinski definition) is 9. The van der Waals surface area contributed by atoms with Crippen LogP contribution in [0.3, 0.4) is 0 Å². The zero-order chi connectivity index (χ0) is 24.6. The Morgan fingerprint density at radius 2 is 2.12 bits per heavy atom. The fraction of sp³-hybridized carbons (Fsp3) is 0.500. The summed E-state index contributed by atoms with van der Waals surface area (Å²) < 4.78 is 48.3. The fourth-order valence-electron chi connectivity index (χ4n) is 2.81. The van der Waals surface area contributed by atoms with Crippen molar-refractivity contribution in [3.63, 3.8) is 0 Å². The van der Waals surface area contributed by atoms with Crippen LogP contribution in [-0.4, -0.2) is 59.5 Å². The van der Waals surface area contributed by atoms with Crippen LogP contribution in [0.2, 0.25) is 0 Å². The predicted octanol–water partition coefficient (Wildman–Crippen LogP) is 2.79. The van der Waals surface area contributed by atoms with Gasteiger partial charge in [-0.2, -0.15) is 4.98 Å². The number of nitrogens with zero attached hydrogens (tertiary/aromatic N) is 2. The van der Waals surface area contributed by atoms with E-state index in [0.29, 0.717) is 10.6 Å². The smallest absolute Gasteiger partial charge is 0.408 e. The maximum absolute atomic E-state index is 14.8. The molecule has 2 heterocycles. The summed E-state index contributed by atoms with van der Waals surface area (Å²) in [5, 5.41) is 8.20. The topological polar surface area (TPSA) is 140 Å². The SMILES string of the molecule is CC(Cc1nc(-c2cc3c(cc2F)SC[C@H](NC(=O)OC(C)(C)C)C(=O)N3)no1)S(C)(=O)=O.